The summed E-state index contributed by atoms with van der Waals surface area (Å²) in [4.78, 5) is 0. The van der Waals surface area contributed by atoms with Gasteiger partial charge in [0.25, 0.3) is 0 Å². The highest BCUT2D eigenvalue weighted by Crippen LogP contribution is 2.27. The molecule has 0 unspecified atom stereocenters. The Kier molecular flexibility index (Phi) is 5.16. The van der Waals surface area contributed by atoms with Gasteiger partial charge in [0, 0.05) is 13.1 Å². The number of hydrogen-bond donors (Lipinski definition) is 0. The molecule has 0 N–H and O–H groups in total. The summed E-state index contributed by atoms with van der Waals surface area (Å²) in [5.74, 6) is 1.42. The Morgan fingerprint density at radius 2 is 2.00 bits per heavy atom. The predicted octanol–water partition coefficient (Wildman–Crippen LogP) is 3.58. The molecule has 0 spiro atoms. The van der Waals surface area contributed by atoms with Crippen LogP contribution in [0.15, 0.2) is 12.2 Å². The third kappa shape index (κ3) is 3.79. The molecule has 0 aromatic heterocycles. The zero-order valence-corrected chi connectivity index (χ0v) is 9.38. The van der Waals surface area contributed by atoms with Crippen LogP contribution in [0.2, 0.25) is 0 Å². The van der Waals surface area contributed by atoms with E-state index in [1.165, 1.54) is 6.42 Å². The second kappa shape index (κ2) is 6.18. The fourth-order valence-electron chi connectivity index (χ4n) is 2.07. The number of allylic oxidation sites excluding steroid dienone is 2. The summed E-state index contributed by atoms with van der Waals surface area (Å²) < 4.78 is 13.1. The lowest BCUT2D eigenvalue weighted by atomic mass is 9.82. The first-order valence-electron chi connectivity index (χ1n) is 5.79. The largest absolute Gasteiger partial charge is 0.146 e. The Balaban J connectivity index is 2.20. The third-order valence-electron chi connectivity index (χ3n) is 3.13. The maximum Gasteiger partial charge on any atom is 0.0293 e. The molecule has 0 aliphatic heterocycles. The number of hydrogen-bond acceptors (Lipinski definition) is 1. The first kappa shape index (κ1) is 11.7. The Labute approximate surface area is 86.9 Å². The maximum absolute atomic E-state index is 13.1. The predicted molar refractivity (Wildman–Crippen MR) is 58.6 cm³/mol. The van der Waals surface area contributed by atoms with Gasteiger partial charge >= 0.3 is 0 Å². The van der Waals surface area contributed by atoms with Gasteiger partial charge in [0.05, 0.1) is 0 Å². The molecule has 1 aliphatic rings. The summed E-state index contributed by atoms with van der Waals surface area (Å²) in [5.41, 5.74) is 0. The molecule has 0 radical (unpaired) electrons. The Bertz CT molecular complexity index is 179. The van der Waals surface area contributed by atoms with Gasteiger partial charge in [0.1, 0.15) is 0 Å². The Morgan fingerprint density at radius 3 is 2.64 bits per heavy atom. The van der Waals surface area contributed by atoms with Crippen molar-refractivity contribution in [2.45, 2.75) is 39.5 Å². The maximum atomic E-state index is 13.1. The summed E-state index contributed by atoms with van der Waals surface area (Å²) in [6.07, 6.45) is 8.71. The van der Waals surface area contributed by atoms with Gasteiger partial charge in [0.2, 0.25) is 0 Å². The molecule has 14 heavy (non-hydrogen) atoms. The molecule has 0 bridgehead atoms. The molecule has 0 saturated carbocycles. The van der Waals surface area contributed by atoms with Crippen LogP contribution in [0.1, 0.15) is 39.5 Å². The van der Waals surface area contributed by atoms with Crippen molar-refractivity contribution in [3.8, 4) is 0 Å². The second-order valence-corrected chi connectivity index (χ2v) is 4.38. The molecule has 2 heteroatoms. The highest BCUT2D eigenvalue weighted by molar-refractivity contribution is 4.93. The van der Waals surface area contributed by atoms with E-state index in [0.717, 1.165) is 30.3 Å². The smallest absolute Gasteiger partial charge is 0.0293 e. The average molecular weight is 199 g/mol. The van der Waals surface area contributed by atoms with E-state index < -0.39 is 0 Å². The molecule has 1 rings (SSSR count). The molecule has 0 aromatic rings. The van der Waals surface area contributed by atoms with Crippen LogP contribution < -0.4 is 0 Å². The molecular formula is C12H22FN. The molecule has 0 heterocycles. The SMILES string of the molecule is CCCN(F)CC[C@H]1CC=CC[C@H]1C. The molecule has 0 saturated heterocycles. The molecule has 1 aliphatic carbocycles. The fourth-order valence-corrected chi connectivity index (χ4v) is 2.07. The summed E-state index contributed by atoms with van der Waals surface area (Å²) in [6.45, 7) is 5.47. The summed E-state index contributed by atoms with van der Waals surface area (Å²) in [7, 11) is 0. The first-order chi connectivity index (χ1) is 6.74. The molecule has 1 nitrogen and oxygen atoms in total. The van der Waals surface area contributed by atoms with Gasteiger partial charge in [-0.05, 0) is 37.5 Å². The van der Waals surface area contributed by atoms with Crippen molar-refractivity contribution < 1.29 is 4.48 Å². The fraction of sp³-hybridized carbons (Fsp3) is 0.833. The van der Waals surface area contributed by atoms with Crippen molar-refractivity contribution in [1.29, 1.82) is 0 Å². The molecule has 0 aromatic carbocycles. The van der Waals surface area contributed by atoms with Crippen LogP contribution in [-0.4, -0.2) is 18.2 Å². The lowest BCUT2D eigenvalue weighted by molar-refractivity contribution is 0.0170. The van der Waals surface area contributed by atoms with Gasteiger partial charge in [-0.2, -0.15) is 0 Å². The van der Waals surface area contributed by atoms with E-state index in [4.69, 9.17) is 0 Å². The Morgan fingerprint density at radius 1 is 1.29 bits per heavy atom. The molecule has 82 valence electrons. The Hall–Kier alpha value is -0.370. The lowest BCUT2D eigenvalue weighted by Gasteiger charge is -2.26. The summed E-state index contributed by atoms with van der Waals surface area (Å²) in [6, 6.07) is 0. The highest BCUT2D eigenvalue weighted by atomic mass is 19.2. The summed E-state index contributed by atoms with van der Waals surface area (Å²) >= 11 is 0. The van der Waals surface area contributed by atoms with Crippen LogP contribution in [0.5, 0.6) is 0 Å². The third-order valence-corrected chi connectivity index (χ3v) is 3.13. The zero-order valence-electron chi connectivity index (χ0n) is 9.38. The quantitative estimate of drug-likeness (QED) is 0.483. The van der Waals surface area contributed by atoms with Crippen molar-refractivity contribution >= 4 is 0 Å². The zero-order chi connectivity index (χ0) is 10.4. The van der Waals surface area contributed by atoms with Crippen LogP contribution in [0.3, 0.4) is 0 Å². The van der Waals surface area contributed by atoms with E-state index in [0.29, 0.717) is 19.0 Å². The van der Waals surface area contributed by atoms with E-state index in [-0.39, 0.29) is 0 Å². The van der Waals surface area contributed by atoms with Crippen molar-refractivity contribution in [3.63, 3.8) is 0 Å². The minimum absolute atomic E-state index is 0.580. The van der Waals surface area contributed by atoms with Crippen LogP contribution in [-0.2, 0) is 0 Å². The molecular weight excluding hydrogens is 177 g/mol. The van der Waals surface area contributed by atoms with Crippen LogP contribution >= 0.6 is 0 Å². The van der Waals surface area contributed by atoms with Gasteiger partial charge < -0.3 is 0 Å². The van der Waals surface area contributed by atoms with Crippen molar-refractivity contribution in [3.05, 3.63) is 12.2 Å². The number of nitrogens with zero attached hydrogens (tertiary/aromatic N) is 1. The second-order valence-electron chi connectivity index (χ2n) is 4.38. The topological polar surface area (TPSA) is 3.24 Å². The molecule has 0 fully saturated rings. The van der Waals surface area contributed by atoms with Crippen LogP contribution in [0.4, 0.5) is 4.48 Å². The molecule has 0 amide bonds. The standard InChI is InChI=1S/C12H22FN/c1-3-9-14(13)10-8-12-7-5-4-6-11(12)2/h4-5,11-12H,3,6-10H2,1-2H3/t11-,12-/m1/s1. The average Bonchev–Trinajstić information content (AvgIpc) is 2.17. The minimum Gasteiger partial charge on any atom is -0.146 e. The van der Waals surface area contributed by atoms with Crippen LogP contribution in [0.25, 0.3) is 0 Å². The van der Waals surface area contributed by atoms with E-state index in [9.17, 15) is 4.48 Å². The van der Waals surface area contributed by atoms with E-state index in [2.05, 4.69) is 19.1 Å². The minimum atomic E-state index is 0.580. The van der Waals surface area contributed by atoms with Gasteiger partial charge in [-0.3, -0.25) is 0 Å². The normalized spacial score (nSPS) is 27.1. The van der Waals surface area contributed by atoms with Crippen molar-refractivity contribution in [1.82, 2.24) is 5.12 Å². The van der Waals surface area contributed by atoms with Crippen molar-refractivity contribution in [2.75, 3.05) is 13.1 Å². The number of halogens is 1. The van der Waals surface area contributed by atoms with E-state index in [1.54, 1.807) is 0 Å². The van der Waals surface area contributed by atoms with Crippen LogP contribution in [0, 0.1) is 11.8 Å². The number of rotatable bonds is 5. The van der Waals surface area contributed by atoms with Gasteiger partial charge in [-0.1, -0.05) is 26.0 Å². The van der Waals surface area contributed by atoms with E-state index in [1.807, 2.05) is 6.92 Å². The van der Waals surface area contributed by atoms with E-state index >= 15 is 0 Å². The molecule has 2 atom stereocenters. The monoisotopic (exact) mass is 199 g/mol. The van der Waals surface area contributed by atoms with Gasteiger partial charge in [-0.15, -0.1) is 9.60 Å². The van der Waals surface area contributed by atoms with Gasteiger partial charge in [-0.25, -0.2) is 0 Å². The first-order valence-corrected chi connectivity index (χ1v) is 5.79. The highest BCUT2D eigenvalue weighted by Gasteiger charge is 2.18. The lowest BCUT2D eigenvalue weighted by Crippen LogP contribution is -2.22. The van der Waals surface area contributed by atoms with Crippen molar-refractivity contribution in [2.24, 2.45) is 11.8 Å². The summed E-state index contributed by atoms with van der Waals surface area (Å²) in [5, 5.41) is 0.963. The van der Waals surface area contributed by atoms with Gasteiger partial charge in [0.15, 0.2) is 0 Å².